The third-order valence-corrected chi connectivity index (χ3v) is 6.72. The standard InChI is InChI=1S/C23H35FN6O/c1-2-23(11-8-17(9-12-23)29-16-6-4-3-5-7-16)28-15-19(22(26)31)21(25)30-18-10-13-27-20(24)14-18/h10,13-17,28-29H,2-9,11-12H2,1H3,(H2,26,31)(H2,25,27,30)/b19-15+. The van der Waals surface area contributed by atoms with E-state index in [0.29, 0.717) is 12.1 Å². The van der Waals surface area contributed by atoms with Crippen molar-refractivity contribution in [1.82, 2.24) is 15.6 Å². The van der Waals surface area contributed by atoms with Crippen molar-refractivity contribution in [3.8, 4) is 0 Å². The fraction of sp³-hybridized carbons (Fsp3) is 0.609. The van der Waals surface area contributed by atoms with Crippen LogP contribution in [0.2, 0.25) is 0 Å². The van der Waals surface area contributed by atoms with Crippen molar-refractivity contribution < 1.29 is 9.18 Å². The second-order valence-corrected chi connectivity index (χ2v) is 8.81. The smallest absolute Gasteiger partial charge is 0.253 e. The Morgan fingerprint density at radius 2 is 1.90 bits per heavy atom. The van der Waals surface area contributed by atoms with Crippen LogP contribution in [0.4, 0.5) is 10.1 Å². The van der Waals surface area contributed by atoms with Crippen LogP contribution in [0.3, 0.4) is 0 Å². The monoisotopic (exact) mass is 430 g/mol. The number of carbonyl (C=O) groups excluding carboxylic acids is 1. The maximum absolute atomic E-state index is 13.3. The van der Waals surface area contributed by atoms with Crippen molar-refractivity contribution in [3.63, 3.8) is 0 Å². The molecule has 0 bridgehead atoms. The molecular weight excluding hydrogens is 395 g/mol. The van der Waals surface area contributed by atoms with Crippen molar-refractivity contribution in [2.45, 2.75) is 88.8 Å². The Balaban J connectivity index is 1.64. The first-order valence-corrected chi connectivity index (χ1v) is 11.4. The van der Waals surface area contributed by atoms with Crippen molar-refractivity contribution in [3.05, 3.63) is 36.1 Å². The number of rotatable bonds is 8. The van der Waals surface area contributed by atoms with Crippen LogP contribution >= 0.6 is 0 Å². The number of primary amides is 1. The van der Waals surface area contributed by atoms with Crippen LogP contribution in [0.5, 0.6) is 0 Å². The van der Waals surface area contributed by atoms with E-state index in [1.165, 1.54) is 44.4 Å². The van der Waals surface area contributed by atoms with E-state index in [0.717, 1.165) is 38.2 Å². The van der Waals surface area contributed by atoms with Gasteiger partial charge in [0.2, 0.25) is 5.95 Å². The van der Waals surface area contributed by atoms with Crippen molar-refractivity contribution in [1.29, 1.82) is 0 Å². The first-order chi connectivity index (χ1) is 14.9. The van der Waals surface area contributed by atoms with Crippen LogP contribution < -0.4 is 22.1 Å². The molecule has 2 saturated carbocycles. The van der Waals surface area contributed by atoms with Crippen LogP contribution in [0.1, 0.15) is 71.1 Å². The summed E-state index contributed by atoms with van der Waals surface area (Å²) < 4.78 is 13.3. The van der Waals surface area contributed by atoms with E-state index in [2.05, 4.69) is 27.5 Å². The van der Waals surface area contributed by atoms with E-state index in [1.54, 1.807) is 6.20 Å². The van der Waals surface area contributed by atoms with E-state index in [-0.39, 0.29) is 22.6 Å². The number of aromatic nitrogens is 1. The summed E-state index contributed by atoms with van der Waals surface area (Å²) in [6, 6.07) is 3.87. The maximum atomic E-state index is 13.3. The number of nitrogens with zero attached hydrogens (tertiary/aromatic N) is 2. The molecule has 2 aliphatic carbocycles. The average Bonchev–Trinajstić information content (AvgIpc) is 2.76. The first-order valence-electron chi connectivity index (χ1n) is 11.4. The third-order valence-electron chi connectivity index (χ3n) is 6.72. The molecule has 0 aliphatic heterocycles. The molecule has 2 aliphatic rings. The number of amidine groups is 1. The zero-order valence-electron chi connectivity index (χ0n) is 18.4. The zero-order valence-corrected chi connectivity index (χ0v) is 18.4. The summed E-state index contributed by atoms with van der Waals surface area (Å²) in [5.41, 5.74) is 11.8. The Bertz CT molecular complexity index is 810. The van der Waals surface area contributed by atoms with Gasteiger partial charge in [-0.2, -0.15) is 4.39 Å². The minimum Gasteiger partial charge on any atom is -0.385 e. The molecule has 170 valence electrons. The highest BCUT2D eigenvalue weighted by molar-refractivity contribution is 6.20. The molecule has 0 atom stereocenters. The summed E-state index contributed by atoms with van der Waals surface area (Å²) in [4.78, 5) is 19.6. The summed E-state index contributed by atoms with van der Waals surface area (Å²) in [5, 5.41) is 7.29. The molecule has 0 spiro atoms. The molecule has 8 heteroatoms. The van der Waals surface area contributed by atoms with Gasteiger partial charge < -0.3 is 22.1 Å². The predicted molar refractivity (Wildman–Crippen MR) is 121 cm³/mol. The van der Waals surface area contributed by atoms with Crippen molar-refractivity contribution in [2.75, 3.05) is 0 Å². The minimum atomic E-state index is -0.679. The molecular formula is C23H35FN6O. The van der Waals surface area contributed by atoms with Crippen LogP contribution in [0.15, 0.2) is 35.1 Å². The first kappa shape index (κ1) is 23.2. The summed E-state index contributed by atoms with van der Waals surface area (Å²) in [7, 11) is 0. The number of hydrogen-bond donors (Lipinski definition) is 4. The van der Waals surface area contributed by atoms with Crippen molar-refractivity contribution >= 4 is 17.4 Å². The summed E-state index contributed by atoms with van der Waals surface area (Å²) in [5.74, 6) is -1.40. The van der Waals surface area contributed by atoms with Gasteiger partial charge in [-0.3, -0.25) is 4.79 Å². The lowest BCUT2D eigenvalue weighted by Gasteiger charge is -2.42. The normalized spacial score (nSPS) is 25.9. The number of hydrogen-bond acceptors (Lipinski definition) is 5. The van der Waals surface area contributed by atoms with Gasteiger partial charge in [-0.25, -0.2) is 9.98 Å². The molecule has 31 heavy (non-hydrogen) atoms. The largest absolute Gasteiger partial charge is 0.385 e. The fourth-order valence-corrected chi connectivity index (χ4v) is 4.70. The second kappa shape index (κ2) is 10.7. The molecule has 7 nitrogen and oxygen atoms in total. The quantitative estimate of drug-likeness (QED) is 0.219. The predicted octanol–water partition coefficient (Wildman–Crippen LogP) is 3.18. The Labute approximate surface area is 184 Å². The van der Waals surface area contributed by atoms with Crippen LogP contribution in [0.25, 0.3) is 0 Å². The van der Waals surface area contributed by atoms with E-state index in [1.807, 2.05) is 0 Å². The van der Waals surface area contributed by atoms with Gasteiger partial charge >= 0.3 is 0 Å². The van der Waals surface area contributed by atoms with Gasteiger partial charge in [0.05, 0.1) is 11.3 Å². The average molecular weight is 431 g/mol. The Hall–Kier alpha value is -2.48. The van der Waals surface area contributed by atoms with E-state index >= 15 is 0 Å². The number of aliphatic imine (C=N–C) groups is 1. The Morgan fingerprint density at radius 3 is 2.52 bits per heavy atom. The Morgan fingerprint density at radius 1 is 1.23 bits per heavy atom. The number of halogens is 1. The molecule has 1 aromatic heterocycles. The number of pyridine rings is 1. The molecule has 0 aromatic carbocycles. The minimum absolute atomic E-state index is 0.0514. The number of carbonyl (C=O) groups is 1. The lowest BCUT2D eigenvalue weighted by Crippen LogP contribution is -2.50. The molecule has 1 amide bonds. The zero-order chi connectivity index (χ0) is 22.3. The lowest BCUT2D eigenvalue weighted by atomic mass is 9.77. The van der Waals surface area contributed by atoms with Gasteiger partial charge in [-0.05, 0) is 51.0 Å². The van der Waals surface area contributed by atoms with Crippen LogP contribution in [-0.4, -0.2) is 34.3 Å². The number of amides is 1. The molecule has 1 heterocycles. The fourth-order valence-electron chi connectivity index (χ4n) is 4.70. The highest BCUT2D eigenvalue weighted by atomic mass is 19.1. The summed E-state index contributed by atoms with van der Waals surface area (Å²) >= 11 is 0. The number of nitrogens with two attached hydrogens (primary N) is 2. The molecule has 0 saturated heterocycles. The Kier molecular flexibility index (Phi) is 8.01. The molecule has 1 aromatic rings. The summed E-state index contributed by atoms with van der Waals surface area (Å²) in [6.07, 6.45) is 14.6. The molecule has 3 rings (SSSR count). The van der Waals surface area contributed by atoms with Crippen LogP contribution in [0, 0.1) is 5.95 Å². The van der Waals surface area contributed by atoms with Gasteiger partial charge in [-0.15, -0.1) is 0 Å². The summed E-state index contributed by atoms with van der Waals surface area (Å²) in [6.45, 7) is 2.15. The van der Waals surface area contributed by atoms with Gasteiger partial charge in [0.1, 0.15) is 5.84 Å². The van der Waals surface area contributed by atoms with E-state index < -0.39 is 11.9 Å². The van der Waals surface area contributed by atoms with Gasteiger partial charge in [0.15, 0.2) is 0 Å². The van der Waals surface area contributed by atoms with E-state index in [9.17, 15) is 9.18 Å². The lowest BCUT2D eigenvalue weighted by molar-refractivity contribution is -0.114. The topological polar surface area (TPSA) is 118 Å². The highest BCUT2D eigenvalue weighted by Gasteiger charge is 2.34. The molecule has 6 N–H and O–H groups in total. The number of nitrogens with one attached hydrogen (secondary N) is 2. The van der Waals surface area contributed by atoms with Crippen LogP contribution in [-0.2, 0) is 4.79 Å². The molecule has 2 fully saturated rings. The second-order valence-electron chi connectivity index (χ2n) is 8.81. The molecule has 0 unspecified atom stereocenters. The van der Waals surface area contributed by atoms with Gasteiger partial charge in [-0.1, -0.05) is 26.2 Å². The highest BCUT2D eigenvalue weighted by Crippen LogP contribution is 2.32. The van der Waals surface area contributed by atoms with E-state index in [4.69, 9.17) is 11.5 Å². The maximum Gasteiger partial charge on any atom is 0.253 e. The van der Waals surface area contributed by atoms with Gasteiger partial charge in [0.25, 0.3) is 5.91 Å². The van der Waals surface area contributed by atoms with Crippen molar-refractivity contribution in [2.24, 2.45) is 16.5 Å². The third kappa shape index (κ3) is 6.50. The SMILES string of the molecule is CCC1(N/C=C(/C(N)=O)C(N)=Nc2ccnc(F)c2)CCC(NC2CCCCC2)CC1. The van der Waals surface area contributed by atoms with Gasteiger partial charge in [0, 0.05) is 36.1 Å². The molecule has 0 radical (unpaired) electrons.